The number of para-hydroxylation sites is 2. The van der Waals surface area contributed by atoms with E-state index in [9.17, 15) is 9.59 Å². The molecule has 7 heteroatoms. The number of nitrogens with zero attached hydrogens (tertiary/aromatic N) is 4. The number of hydrogen-bond donors (Lipinski definition) is 0. The third-order valence-corrected chi connectivity index (χ3v) is 7.46. The molecule has 1 aromatic heterocycles. The summed E-state index contributed by atoms with van der Waals surface area (Å²) in [6.45, 7) is 7.19. The van der Waals surface area contributed by atoms with E-state index in [2.05, 4.69) is 13.8 Å². The van der Waals surface area contributed by atoms with Gasteiger partial charge in [-0.3, -0.25) is 9.59 Å². The number of aromatic nitrogens is 2. The first kappa shape index (κ1) is 21.2. The van der Waals surface area contributed by atoms with E-state index in [-0.39, 0.29) is 18.4 Å². The highest BCUT2D eigenvalue weighted by Crippen LogP contribution is 2.26. The molecule has 0 aliphatic carbocycles. The van der Waals surface area contributed by atoms with Crippen molar-refractivity contribution in [3.8, 4) is 0 Å². The van der Waals surface area contributed by atoms with E-state index < -0.39 is 0 Å². The highest BCUT2D eigenvalue weighted by atomic mass is 32.2. The molecule has 0 bridgehead atoms. The van der Waals surface area contributed by atoms with E-state index in [0.717, 1.165) is 61.5 Å². The zero-order valence-corrected chi connectivity index (χ0v) is 18.9. The Morgan fingerprint density at radius 1 is 1.03 bits per heavy atom. The Morgan fingerprint density at radius 3 is 2.57 bits per heavy atom. The van der Waals surface area contributed by atoms with Gasteiger partial charge in [0.05, 0.1) is 16.8 Å². The Labute approximate surface area is 183 Å². The first-order valence-corrected chi connectivity index (χ1v) is 12.2. The summed E-state index contributed by atoms with van der Waals surface area (Å²) in [5.74, 6) is 1.37. The molecule has 0 N–H and O–H groups in total. The molecule has 1 aromatic carbocycles. The number of piperidine rings is 2. The number of benzene rings is 1. The van der Waals surface area contributed by atoms with Crippen LogP contribution in [0.1, 0.15) is 46.0 Å². The van der Waals surface area contributed by atoms with Gasteiger partial charge in [0.25, 0.3) is 0 Å². The van der Waals surface area contributed by atoms with Gasteiger partial charge in [0.1, 0.15) is 6.54 Å². The summed E-state index contributed by atoms with van der Waals surface area (Å²) in [4.78, 5) is 34.5. The van der Waals surface area contributed by atoms with Crippen LogP contribution < -0.4 is 0 Å². The minimum Gasteiger partial charge on any atom is -0.341 e. The Morgan fingerprint density at radius 2 is 1.80 bits per heavy atom. The molecule has 0 spiro atoms. The number of hydrogen-bond acceptors (Lipinski definition) is 4. The lowest BCUT2D eigenvalue weighted by Crippen LogP contribution is -2.43. The van der Waals surface area contributed by atoms with Crippen LogP contribution in [-0.2, 0) is 16.1 Å². The summed E-state index contributed by atoms with van der Waals surface area (Å²) in [5, 5.41) is 0.757. The van der Waals surface area contributed by atoms with Gasteiger partial charge in [-0.05, 0) is 57.1 Å². The fourth-order valence-corrected chi connectivity index (χ4v) is 5.39. The van der Waals surface area contributed by atoms with Crippen molar-refractivity contribution in [2.75, 3.05) is 25.4 Å². The zero-order chi connectivity index (χ0) is 21.1. The molecule has 162 valence electrons. The second-order valence-corrected chi connectivity index (χ2v) is 9.70. The number of carbonyl (C=O) groups excluding carboxylic acids is 2. The third-order valence-electron chi connectivity index (χ3n) is 6.50. The SMILES string of the molecule is CC1CCN(C(=O)Cn2c(SCC(=O)N3CCCC[C@@H]3C)nc3ccccc32)CC1. The van der Waals surface area contributed by atoms with Crippen LogP contribution in [0, 0.1) is 5.92 Å². The van der Waals surface area contributed by atoms with E-state index in [1.807, 2.05) is 38.6 Å². The van der Waals surface area contributed by atoms with Crippen molar-refractivity contribution < 1.29 is 9.59 Å². The minimum atomic E-state index is 0.142. The molecule has 2 aromatic rings. The summed E-state index contributed by atoms with van der Waals surface area (Å²) in [5.41, 5.74) is 1.83. The average Bonchev–Trinajstić information content (AvgIpc) is 3.10. The summed E-state index contributed by atoms with van der Waals surface area (Å²) in [7, 11) is 0. The number of likely N-dealkylation sites (tertiary alicyclic amines) is 2. The molecule has 2 aliphatic heterocycles. The van der Waals surface area contributed by atoms with Crippen LogP contribution in [0.2, 0.25) is 0 Å². The lowest BCUT2D eigenvalue weighted by Gasteiger charge is -2.33. The summed E-state index contributed by atoms with van der Waals surface area (Å²) in [6, 6.07) is 8.23. The molecular formula is C23H32N4O2S. The van der Waals surface area contributed by atoms with Crippen molar-refractivity contribution in [1.29, 1.82) is 0 Å². The van der Waals surface area contributed by atoms with Crippen molar-refractivity contribution in [1.82, 2.24) is 19.4 Å². The van der Waals surface area contributed by atoms with Gasteiger partial charge in [-0.1, -0.05) is 30.8 Å². The quantitative estimate of drug-likeness (QED) is 0.680. The lowest BCUT2D eigenvalue weighted by molar-refractivity contribution is -0.133. The molecule has 6 nitrogen and oxygen atoms in total. The van der Waals surface area contributed by atoms with Crippen molar-refractivity contribution in [2.24, 2.45) is 5.92 Å². The number of fused-ring (bicyclic) bond motifs is 1. The monoisotopic (exact) mass is 428 g/mol. The van der Waals surface area contributed by atoms with E-state index >= 15 is 0 Å². The topological polar surface area (TPSA) is 58.4 Å². The molecule has 2 saturated heterocycles. The number of rotatable bonds is 5. The molecule has 0 unspecified atom stereocenters. The first-order chi connectivity index (χ1) is 14.5. The van der Waals surface area contributed by atoms with Crippen LogP contribution in [-0.4, -0.2) is 62.6 Å². The molecule has 1 atom stereocenters. The van der Waals surface area contributed by atoms with Crippen molar-refractivity contribution >= 4 is 34.6 Å². The molecule has 2 aliphatic rings. The van der Waals surface area contributed by atoms with Crippen LogP contribution in [0.25, 0.3) is 11.0 Å². The fourth-order valence-electron chi connectivity index (χ4n) is 4.49. The largest absolute Gasteiger partial charge is 0.341 e. The highest BCUT2D eigenvalue weighted by molar-refractivity contribution is 7.99. The van der Waals surface area contributed by atoms with Crippen LogP contribution in [0.3, 0.4) is 0 Å². The van der Waals surface area contributed by atoms with Gasteiger partial charge in [-0.25, -0.2) is 4.98 Å². The highest BCUT2D eigenvalue weighted by Gasteiger charge is 2.25. The van der Waals surface area contributed by atoms with E-state index in [1.165, 1.54) is 18.2 Å². The van der Waals surface area contributed by atoms with Gasteiger partial charge in [-0.15, -0.1) is 0 Å². The van der Waals surface area contributed by atoms with Crippen LogP contribution in [0.5, 0.6) is 0 Å². The van der Waals surface area contributed by atoms with Gasteiger partial charge in [0.2, 0.25) is 11.8 Å². The Kier molecular flexibility index (Phi) is 6.66. The standard InChI is InChI=1S/C23H32N4O2S/c1-17-10-13-25(14-11-17)21(28)15-27-20-9-4-3-8-19(20)24-23(27)30-16-22(29)26-12-6-5-7-18(26)2/h3-4,8-9,17-18H,5-7,10-16H2,1-2H3/t18-/m0/s1. The maximum absolute atomic E-state index is 13.0. The van der Waals surface area contributed by atoms with Crippen molar-refractivity contribution in [3.05, 3.63) is 24.3 Å². The third kappa shape index (κ3) is 4.66. The lowest BCUT2D eigenvalue weighted by atomic mass is 9.99. The Balaban J connectivity index is 1.49. The summed E-state index contributed by atoms with van der Waals surface area (Å²) in [6.07, 6.45) is 5.51. The second-order valence-electron chi connectivity index (χ2n) is 8.75. The van der Waals surface area contributed by atoms with Crippen molar-refractivity contribution in [3.63, 3.8) is 0 Å². The van der Waals surface area contributed by atoms with Crippen LogP contribution in [0.4, 0.5) is 0 Å². The molecule has 3 heterocycles. The van der Waals surface area contributed by atoms with Gasteiger partial charge in [0, 0.05) is 25.7 Å². The Bertz CT molecular complexity index is 904. The van der Waals surface area contributed by atoms with Crippen LogP contribution >= 0.6 is 11.8 Å². The fraction of sp³-hybridized carbons (Fsp3) is 0.609. The van der Waals surface area contributed by atoms with Gasteiger partial charge >= 0.3 is 0 Å². The predicted octanol–water partition coefficient (Wildman–Crippen LogP) is 3.79. The number of thioether (sulfide) groups is 1. The normalized spacial score (nSPS) is 20.7. The molecule has 0 radical (unpaired) electrons. The van der Waals surface area contributed by atoms with Gasteiger partial charge in [-0.2, -0.15) is 0 Å². The summed E-state index contributed by atoms with van der Waals surface area (Å²) < 4.78 is 1.99. The smallest absolute Gasteiger partial charge is 0.242 e. The van der Waals surface area contributed by atoms with E-state index in [1.54, 1.807) is 0 Å². The van der Waals surface area contributed by atoms with Gasteiger partial charge in [0.15, 0.2) is 5.16 Å². The molecule has 30 heavy (non-hydrogen) atoms. The number of imidazole rings is 1. The van der Waals surface area contributed by atoms with E-state index in [0.29, 0.717) is 17.7 Å². The molecule has 0 saturated carbocycles. The van der Waals surface area contributed by atoms with E-state index in [4.69, 9.17) is 4.98 Å². The zero-order valence-electron chi connectivity index (χ0n) is 18.0. The second kappa shape index (κ2) is 9.41. The molecule has 2 fully saturated rings. The van der Waals surface area contributed by atoms with Gasteiger partial charge < -0.3 is 14.4 Å². The number of amides is 2. The molecule has 2 amide bonds. The first-order valence-electron chi connectivity index (χ1n) is 11.2. The maximum Gasteiger partial charge on any atom is 0.242 e. The Hall–Kier alpha value is -2.02. The summed E-state index contributed by atoms with van der Waals surface area (Å²) >= 11 is 1.46. The number of carbonyl (C=O) groups is 2. The maximum atomic E-state index is 13.0. The van der Waals surface area contributed by atoms with Crippen molar-refractivity contribution in [2.45, 2.75) is 63.7 Å². The minimum absolute atomic E-state index is 0.142. The molecule has 4 rings (SSSR count). The average molecular weight is 429 g/mol. The molecular weight excluding hydrogens is 396 g/mol. The predicted molar refractivity (Wildman–Crippen MR) is 120 cm³/mol. The van der Waals surface area contributed by atoms with Crippen LogP contribution in [0.15, 0.2) is 29.4 Å².